The summed E-state index contributed by atoms with van der Waals surface area (Å²) in [5, 5.41) is 14.6. The highest BCUT2D eigenvalue weighted by atomic mass is 19.4. The van der Waals surface area contributed by atoms with Gasteiger partial charge in [-0.2, -0.15) is 13.2 Å². The molecule has 0 aromatic heterocycles. The summed E-state index contributed by atoms with van der Waals surface area (Å²) in [5.41, 5.74) is -2.12. The van der Waals surface area contributed by atoms with E-state index in [1.807, 2.05) is 13.8 Å². The van der Waals surface area contributed by atoms with Gasteiger partial charge in [-0.15, -0.1) is 0 Å². The van der Waals surface area contributed by atoms with E-state index in [1.54, 1.807) is 6.92 Å². The lowest BCUT2D eigenvalue weighted by Crippen LogP contribution is -2.48. The summed E-state index contributed by atoms with van der Waals surface area (Å²) in [6.45, 7) is 5.69. The Bertz CT molecular complexity index is 1090. The number of hydrogen-bond acceptors (Lipinski definition) is 3. The van der Waals surface area contributed by atoms with E-state index in [4.69, 9.17) is 0 Å². The van der Waals surface area contributed by atoms with Gasteiger partial charge in [0.05, 0.1) is 11.1 Å². The second-order valence-electron chi connectivity index (χ2n) is 8.92. The third-order valence-corrected chi connectivity index (χ3v) is 6.20. The summed E-state index contributed by atoms with van der Waals surface area (Å²) < 4.78 is 52.9. The number of carbonyl (C=O) groups excluding carboxylic acids is 2. The first-order valence-electron chi connectivity index (χ1n) is 11.6. The van der Waals surface area contributed by atoms with Crippen molar-refractivity contribution in [2.45, 2.75) is 65.1 Å². The van der Waals surface area contributed by atoms with Gasteiger partial charge in [-0.3, -0.25) is 9.59 Å². The van der Waals surface area contributed by atoms with E-state index in [0.717, 1.165) is 25.0 Å². The number of carbonyl (C=O) groups is 3. The molecule has 2 rings (SSSR count). The molecule has 2 aromatic rings. The second kappa shape index (κ2) is 12.0. The molecular formula is C26H30F4N2O4. The van der Waals surface area contributed by atoms with Gasteiger partial charge in [0, 0.05) is 17.5 Å². The number of aliphatic carboxylic acids is 1. The van der Waals surface area contributed by atoms with Gasteiger partial charge >= 0.3 is 12.1 Å². The molecule has 36 heavy (non-hydrogen) atoms. The Balaban J connectivity index is 2.12. The van der Waals surface area contributed by atoms with Crippen molar-refractivity contribution in [1.82, 2.24) is 5.32 Å². The molecule has 0 aliphatic carbocycles. The molecular weight excluding hydrogens is 480 g/mol. The predicted molar refractivity (Wildman–Crippen MR) is 127 cm³/mol. The molecule has 0 radical (unpaired) electrons. The van der Waals surface area contributed by atoms with Crippen molar-refractivity contribution in [3.8, 4) is 0 Å². The monoisotopic (exact) mass is 510 g/mol. The van der Waals surface area contributed by atoms with Crippen molar-refractivity contribution >= 4 is 23.5 Å². The van der Waals surface area contributed by atoms with Gasteiger partial charge in [-0.05, 0) is 48.7 Å². The smallest absolute Gasteiger partial charge is 0.417 e. The van der Waals surface area contributed by atoms with Crippen molar-refractivity contribution in [2.24, 2.45) is 5.41 Å². The minimum absolute atomic E-state index is 0.0287. The van der Waals surface area contributed by atoms with Crippen LogP contribution in [0.25, 0.3) is 0 Å². The topological polar surface area (TPSA) is 95.5 Å². The fourth-order valence-corrected chi connectivity index (χ4v) is 3.66. The zero-order valence-electron chi connectivity index (χ0n) is 20.3. The van der Waals surface area contributed by atoms with Gasteiger partial charge in [0.1, 0.15) is 11.9 Å². The SMILES string of the molecule is CCCCC(C)(CC)C(=O)NC(Cc1ccc(NC(=O)c2ccc(F)cc2C(F)(F)F)cc1)C(=O)O. The third kappa shape index (κ3) is 7.53. The number of halogens is 4. The number of carboxylic acids is 1. The maximum atomic E-state index is 13.3. The molecule has 2 amide bonds. The first-order chi connectivity index (χ1) is 16.8. The number of alkyl halides is 3. The number of anilines is 1. The molecule has 0 saturated heterocycles. The fraction of sp³-hybridized carbons (Fsp3) is 0.423. The van der Waals surface area contributed by atoms with Crippen molar-refractivity contribution in [3.05, 3.63) is 65.0 Å². The Kier molecular flexibility index (Phi) is 9.61. The van der Waals surface area contributed by atoms with E-state index in [2.05, 4.69) is 10.6 Å². The van der Waals surface area contributed by atoms with Crippen LogP contribution in [-0.4, -0.2) is 28.9 Å². The van der Waals surface area contributed by atoms with Gasteiger partial charge in [0.15, 0.2) is 0 Å². The molecule has 2 unspecified atom stereocenters. The van der Waals surface area contributed by atoms with Crippen LogP contribution < -0.4 is 10.6 Å². The standard InChI is InChI=1S/C26H30F4N2O4/c1-4-6-13-25(3,5-2)24(36)32-21(23(34)35)14-16-7-10-18(11-8-16)31-22(33)19-12-9-17(27)15-20(19)26(28,29)30/h7-12,15,21H,4-6,13-14H2,1-3H3,(H,31,33)(H,32,36)(H,34,35). The Morgan fingerprint density at radius 1 is 1.03 bits per heavy atom. The Hall–Kier alpha value is -3.43. The molecule has 0 aliphatic rings. The van der Waals surface area contributed by atoms with Crippen LogP contribution in [0.5, 0.6) is 0 Å². The Morgan fingerprint density at radius 3 is 2.19 bits per heavy atom. The quantitative estimate of drug-likeness (QED) is 0.332. The minimum Gasteiger partial charge on any atom is -0.480 e. The van der Waals surface area contributed by atoms with Gasteiger partial charge in [-0.1, -0.05) is 45.7 Å². The summed E-state index contributed by atoms with van der Waals surface area (Å²) in [7, 11) is 0. The van der Waals surface area contributed by atoms with Crippen LogP contribution in [0.2, 0.25) is 0 Å². The Labute approximate surface area is 207 Å². The van der Waals surface area contributed by atoms with E-state index < -0.39 is 46.5 Å². The molecule has 196 valence electrons. The van der Waals surface area contributed by atoms with E-state index in [1.165, 1.54) is 24.3 Å². The van der Waals surface area contributed by atoms with Crippen LogP contribution in [0.3, 0.4) is 0 Å². The largest absolute Gasteiger partial charge is 0.480 e. The first kappa shape index (κ1) is 28.8. The normalized spacial score (nSPS) is 14.0. The number of unbranched alkanes of at least 4 members (excludes halogenated alkanes) is 1. The molecule has 10 heteroatoms. The van der Waals surface area contributed by atoms with Crippen LogP contribution in [0.1, 0.15) is 67.9 Å². The molecule has 3 N–H and O–H groups in total. The second-order valence-corrected chi connectivity index (χ2v) is 8.92. The minimum atomic E-state index is -4.92. The maximum absolute atomic E-state index is 13.3. The summed E-state index contributed by atoms with van der Waals surface area (Å²) in [5.74, 6) is -3.73. The molecule has 0 spiro atoms. The van der Waals surface area contributed by atoms with Crippen LogP contribution >= 0.6 is 0 Å². The van der Waals surface area contributed by atoms with Crippen LogP contribution in [-0.2, 0) is 22.2 Å². The van der Waals surface area contributed by atoms with Gasteiger partial charge in [0.2, 0.25) is 5.91 Å². The zero-order valence-corrected chi connectivity index (χ0v) is 20.3. The lowest BCUT2D eigenvalue weighted by atomic mass is 9.81. The lowest BCUT2D eigenvalue weighted by molar-refractivity contribution is -0.143. The first-order valence-corrected chi connectivity index (χ1v) is 11.6. The van der Waals surface area contributed by atoms with Crippen LogP contribution in [0.4, 0.5) is 23.2 Å². The highest BCUT2D eigenvalue weighted by Crippen LogP contribution is 2.33. The molecule has 0 bridgehead atoms. The van der Waals surface area contributed by atoms with Crippen molar-refractivity contribution in [1.29, 1.82) is 0 Å². The fourth-order valence-electron chi connectivity index (χ4n) is 3.66. The van der Waals surface area contributed by atoms with Crippen LogP contribution in [0, 0.1) is 11.2 Å². The van der Waals surface area contributed by atoms with Gasteiger partial charge in [-0.25, -0.2) is 9.18 Å². The summed E-state index contributed by atoms with van der Waals surface area (Å²) in [6.07, 6.45) is -2.00. The molecule has 6 nitrogen and oxygen atoms in total. The van der Waals surface area contributed by atoms with Gasteiger partial charge in [0.25, 0.3) is 5.91 Å². The van der Waals surface area contributed by atoms with E-state index in [9.17, 15) is 37.1 Å². The molecule has 2 aromatic carbocycles. The number of hydrogen-bond donors (Lipinski definition) is 3. The highest BCUT2D eigenvalue weighted by Gasteiger charge is 2.36. The van der Waals surface area contributed by atoms with Crippen molar-refractivity contribution in [2.75, 3.05) is 5.32 Å². The van der Waals surface area contributed by atoms with Crippen molar-refractivity contribution in [3.63, 3.8) is 0 Å². The molecule has 0 aliphatic heterocycles. The van der Waals surface area contributed by atoms with E-state index >= 15 is 0 Å². The number of nitrogens with one attached hydrogen (secondary N) is 2. The van der Waals surface area contributed by atoms with Crippen molar-refractivity contribution < 1.29 is 37.1 Å². The van der Waals surface area contributed by atoms with E-state index in [-0.39, 0.29) is 24.1 Å². The summed E-state index contributed by atoms with van der Waals surface area (Å²) in [6, 6.07) is 6.41. The van der Waals surface area contributed by atoms with Gasteiger partial charge < -0.3 is 15.7 Å². The Morgan fingerprint density at radius 2 is 1.67 bits per heavy atom. The molecule has 0 fully saturated rings. The maximum Gasteiger partial charge on any atom is 0.417 e. The number of benzene rings is 2. The molecule has 0 saturated carbocycles. The lowest BCUT2D eigenvalue weighted by Gasteiger charge is -2.28. The summed E-state index contributed by atoms with van der Waals surface area (Å²) in [4.78, 5) is 37.0. The zero-order chi connectivity index (χ0) is 27.1. The number of carboxylic acid groups (broad SMARTS) is 1. The average molecular weight is 511 g/mol. The third-order valence-electron chi connectivity index (χ3n) is 6.20. The number of amides is 2. The molecule has 0 heterocycles. The highest BCUT2D eigenvalue weighted by molar-refractivity contribution is 6.05. The van der Waals surface area contributed by atoms with E-state index in [0.29, 0.717) is 18.4 Å². The number of rotatable bonds is 11. The van der Waals surface area contributed by atoms with Crippen LogP contribution in [0.15, 0.2) is 42.5 Å². The average Bonchev–Trinajstić information content (AvgIpc) is 2.82. The predicted octanol–water partition coefficient (Wildman–Crippen LogP) is 5.82. The summed E-state index contributed by atoms with van der Waals surface area (Å²) >= 11 is 0. The molecule has 2 atom stereocenters.